The van der Waals surface area contributed by atoms with E-state index < -0.39 is 33.4 Å². The molecule has 2 aromatic rings. The summed E-state index contributed by atoms with van der Waals surface area (Å²) in [4.78, 5) is 28.3. The molecule has 38 heavy (non-hydrogen) atoms. The average Bonchev–Trinajstić information content (AvgIpc) is 3.70. The minimum Gasteiger partial charge on any atom is -0.370 e. The molecule has 1 heterocycles. The fourth-order valence-corrected chi connectivity index (χ4v) is 7.71. The van der Waals surface area contributed by atoms with Crippen molar-refractivity contribution in [2.24, 2.45) is 11.1 Å². The van der Waals surface area contributed by atoms with Crippen LogP contribution in [0.4, 0.5) is 0 Å². The van der Waals surface area contributed by atoms with Gasteiger partial charge in [0.2, 0.25) is 21.8 Å². The lowest BCUT2D eigenvalue weighted by Gasteiger charge is -2.52. The molecular formula is C28H35Cl2N3O4S. The van der Waals surface area contributed by atoms with Gasteiger partial charge < -0.3 is 10.6 Å². The second-order valence-electron chi connectivity index (χ2n) is 10.9. The summed E-state index contributed by atoms with van der Waals surface area (Å²) in [5.41, 5.74) is 6.38. The number of benzene rings is 2. The molecule has 0 spiro atoms. The Hall–Kier alpha value is -2.13. The van der Waals surface area contributed by atoms with Crippen molar-refractivity contribution in [2.75, 3.05) is 13.6 Å². The number of nitrogens with zero attached hydrogens (tertiary/aromatic N) is 2. The molecule has 7 nitrogen and oxygen atoms in total. The van der Waals surface area contributed by atoms with Crippen molar-refractivity contribution in [3.63, 3.8) is 0 Å². The number of halogens is 2. The molecule has 2 fully saturated rings. The summed E-state index contributed by atoms with van der Waals surface area (Å²) in [6.45, 7) is 3.88. The molecule has 0 bridgehead atoms. The summed E-state index contributed by atoms with van der Waals surface area (Å²) in [6, 6.07) is 14.0. The van der Waals surface area contributed by atoms with E-state index in [9.17, 15) is 18.0 Å². The average molecular weight is 581 g/mol. The minimum absolute atomic E-state index is 0.112. The van der Waals surface area contributed by atoms with Crippen LogP contribution in [0.1, 0.15) is 69.0 Å². The lowest BCUT2D eigenvalue weighted by atomic mass is 9.67. The number of primary amides is 1. The van der Waals surface area contributed by atoms with Gasteiger partial charge in [-0.1, -0.05) is 61.3 Å². The number of likely N-dealkylation sites (N-methyl/N-ethyl adjacent to an activating group) is 1. The Morgan fingerprint density at radius 2 is 1.79 bits per heavy atom. The number of carbonyl (C=O) groups excluding carboxylic acids is 2. The Balaban J connectivity index is 1.86. The van der Waals surface area contributed by atoms with Gasteiger partial charge in [0.05, 0.1) is 16.7 Å². The zero-order chi connectivity index (χ0) is 27.8. The fraction of sp³-hybridized carbons (Fsp3) is 0.500. The standard InChI is InChI=1S/C28H35Cl2N3O4S/c1-4-22(17-32(3)38(36,37)23-12-13-23)33-26(18-8-10-20(29)11-9-18)24(19-6-5-7-21(30)14-19)15-28(2,27(33)35)16-25(31)34/h5-11,14,22-24,26H,4,12-13,15-17H2,1-3H3,(H2,31,34)/t22-,24+,26?,28+/m0/s1. The van der Waals surface area contributed by atoms with Gasteiger partial charge >= 0.3 is 0 Å². The van der Waals surface area contributed by atoms with Crippen LogP contribution < -0.4 is 5.73 Å². The van der Waals surface area contributed by atoms with Gasteiger partial charge in [0.1, 0.15) is 0 Å². The lowest BCUT2D eigenvalue weighted by Crippen LogP contribution is -2.58. The first kappa shape index (κ1) is 28.9. The van der Waals surface area contributed by atoms with Crippen LogP contribution in [-0.2, 0) is 19.6 Å². The van der Waals surface area contributed by atoms with Crippen LogP contribution in [0.15, 0.2) is 48.5 Å². The van der Waals surface area contributed by atoms with Crippen molar-refractivity contribution in [1.29, 1.82) is 0 Å². The maximum absolute atomic E-state index is 14.4. The maximum Gasteiger partial charge on any atom is 0.229 e. The molecule has 2 aliphatic rings. The van der Waals surface area contributed by atoms with E-state index >= 15 is 0 Å². The van der Waals surface area contributed by atoms with Gasteiger partial charge in [-0.05, 0) is 61.1 Å². The predicted molar refractivity (Wildman–Crippen MR) is 150 cm³/mol. The summed E-state index contributed by atoms with van der Waals surface area (Å²) in [5, 5.41) is 0.788. The molecule has 206 valence electrons. The first-order valence-corrected chi connectivity index (χ1v) is 15.2. The highest BCUT2D eigenvalue weighted by Crippen LogP contribution is 2.52. The summed E-state index contributed by atoms with van der Waals surface area (Å²) >= 11 is 12.6. The molecule has 2 N–H and O–H groups in total. The Bertz CT molecular complexity index is 1300. The van der Waals surface area contributed by atoms with E-state index in [2.05, 4.69) is 0 Å². The van der Waals surface area contributed by atoms with Crippen molar-refractivity contribution in [3.8, 4) is 0 Å². The molecule has 0 aromatic heterocycles. The van der Waals surface area contributed by atoms with Crippen LogP contribution in [-0.4, -0.2) is 54.3 Å². The van der Waals surface area contributed by atoms with Crippen LogP contribution >= 0.6 is 23.2 Å². The summed E-state index contributed by atoms with van der Waals surface area (Å²) in [7, 11) is -1.87. The molecule has 2 aromatic carbocycles. The van der Waals surface area contributed by atoms with Crippen molar-refractivity contribution in [2.45, 2.75) is 69.2 Å². The second-order valence-corrected chi connectivity index (χ2v) is 14.1. The molecule has 0 radical (unpaired) electrons. The van der Waals surface area contributed by atoms with E-state index in [1.165, 1.54) is 4.31 Å². The molecule has 1 saturated heterocycles. The Morgan fingerprint density at radius 1 is 1.13 bits per heavy atom. The Labute approximate surface area is 235 Å². The van der Waals surface area contributed by atoms with Crippen LogP contribution in [0.25, 0.3) is 0 Å². The largest absolute Gasteiger partial charge is 0.370 e. The highest BCUT2D eigenvalue weighted by Gasteiger charge is 2.52. The van der Waals surface area contributed by atoms with E-state index in [0.29, 0.717) is 35.7 Å². The number of carbonyl (C=O) groups is 2. The number of hydrogen-bond acceptors (Lipinski definition) is 4. The van der Waals surface area contributed by atoms with Crippen molar-refractivity contribution in [1.82, 2.24) is 9.21 Å². The first-order valence-electron chi connectivity index (χ1n) is 12.9. The second kappa shape index (κ2) is 11.2. The van der Waals surface area contributed by atoms with Gasteiger partial charge in [0.25, 0.3) is 0 Å². The Morgan fingerprint density at radius 3 is 2.34 bits per heavy atom. The number of rotatable bonds is 10. The number of piperidine rings is 1. The molecule has 4 rings (SSSR count). The van der Waals surface area contributed by atoms with Crippen molar-refractivity contribution < 1.29 is 18.0 Å². The normalized spacial score (nSPS) is 25.0. The quantitative estimate of drug-likeness (QED) is 0.421. The van der Waals surface area contributed by atoms with Gasteiger partial charge in [-0.15, -0.1) is 0 Å². The molecule has 2 amide bonds. The number of nitrogens with two attached hydrogens (primary N) is 1. The summed E-state index contributed by atoms with van der Waals surface area (Å²) in [6.07, 6.45) is 2.11. The molecule has 10 heteroatoms. The van der Waals surface area contributed by atoms with E-state index in [0.717, 1.165) is 11.1 Å². The van der Waals surface area contributed by atoms with E-state index in [4.69, 9.17) is 28.9 Å². The molecule has 4 atom stereocenters. The topological polar surface area (TPSA) is 101 Å². The summed E-state index contributed by atoms with van der Waals surface area (Å²) in [5.74, 6) is -0.994. The monoisotopic (exact) mass is 579 g/mol. The third-order valence-corrected chi connectivity index (χ3v) is 10.7. The highest BCUT2D eigenvalue weighted by molar-refractivity contribution is 7.90. The lowest BCUT2D eigenvalue weighted by molar-refractivity contribution is -0.157. The molecule has 1 saturated carbocycles. The fourth-order valence-electron chi connectivity index (χ4n) is 5.77. The SMILES string of the molecule is CC[C@@H](CN(C)S(=O)(=O)C1CC1)N1C(=O)[C@@](C)(CC(N)=O)C[C@H](c2cccc(Cl)c2)C1c1ccc(Cl)cc1. The predicted octanol–water partition coefficient (Wildman–Crippen LogP) is 5.13. The van der Waals surface area contributed by atoms with E-state index in [1.54, 1.807) is 37.1 Å². The van der Waals surface area contributed by atoms with Gasteiger partial charge in [0, 0.05) is 42.0 Å². The van der Waals surface area contributed by atoms with E-state index in [-0.39, 0.29) is 30.0 Å². The molecule has 1 aliphatic heterocycles. The maximum atomic E-state index is 14.4. The first-order chi connectivity index (χ1) is 17.9. The van der Waals surface area contributed by atoms with Gasteiger partial charge in [-0.2, -0.15) is 0 Å². The number of sulfonamides is 1. The highest BCUT2D eigenvalue weighted by atomic mass is 35.5. The third-order valence-electron chi connectivity index (χ3n) is 7.87. The molecular weight excluding hydrogens is 545 g/mol. The van der Waals surface area contributed by atoms with Crippen molar-refractivity contribution in [3.05, 3.63) is 69.7 Å². The van der Waals surface area contributed by atoms with Crippen molar-refractivity contribution >= 4 is 45.0 Å². The van der Waals surface area contributed by atoms with Gasteiger partial charge in [-0.3, -0.25) is 9.59 Å². The zero-order valence-electron chi connectivity index (χ0n) is 21.9. The molecule has 1 aliphatic carbocycles. The Kier molecular flexibility index (Phi) is 8.48. The molecule has 1 unspecified atom stereocenters. The third kappa shape index (κ3) is 5.88. The van der Waals surface area contributed by atoms with E-state index in [1.807, 2.05) is 37.3 Å². The van der Waals surface area contributed by atoms with Crippen LogP contribution in [0.3, 0.4) is 0 Å². The minimum atomic E-state index is -3.45. The van der Waals surface area contributed by atoms with Crippen LogP contribution in [0.2, 0.25) is 10.0 Å². The van der Waals surface area contributed by atoms with Gasteiger partial charge in [-0.25, -0.2) is 12.7 Å². The summed E-state index contributed by atoms with van der Waals surface area (Å²) < 4.78 is 27.4. The number of hydrogen-bond donors (Lipinski definition) is 1. The number of amides is 2. The van der Waals surface area contributed by atoms with Crippen LogP contribution in [0.5, 0.6) is 0 Å². The number of likely N-dealkylation sites (tertiary alicyclic amines) is 1. The zero-order valence-corrected chi connectivity index (χ0v) is 24.3. The van der Waals surface area contributed by atoms with Gasteiger partial charge in [0.15, 0.2) is 0 Å². The smallest absolute Gasteiger partial charge is 0.229 e. The van der Waals surface area contributed by atoms with Crippen LogP contribution in [0, 0.1) is 5.41 Å².